The lowest BCUT2D eigenvalue weighted by Crippen LogP contribution is -2.19. The average Bonchev–Trinajstić information content (AvgIpc) is 2.08. The van der Waals surface area contributed by atoms with Gasteiger partial charge in [0.15, 0.2) is 0 Å². The highest BCUT2D eigenvalue weighted by molar-refractivity contribution is 6.30. The van der Waals surface area contributed by atoms with Gasteiger partial charge in [-0.05, 0) is 42.6 Å². The van der Waals surface area contributed by atoms with Gasteiger partial charge in [-0.25, -0.2) is 0 Å². The van der Waals surface area contributed by atoms with Crippen molar-refractivity contribution < 1.29 is 0 Å². The fourth-order valence-electron chi connectivity index (χ4n) is 1.35. The smallest absolute Gasteiger partial charge is 0.0408 e. The van der Waals surface area contributed by atoms with Crippen LogP contribution in [0, 0.1) is 12.8 Å². The van der Waals surface area contributed by atoms with E-state index in [1.54, 1.807) is 0 Å². The van der Waals surface area contributed by atoms with Crippen LogP contribution in [-0.2, 0) is 6.54 Å². The number of nitrogens with one attached hydrogen (secondary N) is 1. The lowest BCUT2D eigenvalue weighted by Gasteiger charge is -2.09. The third-order valence-corrected chi connectivity index (χ3v) is 2.41. The topological polar surface area (TPSA) is 12.0 Å². The molecule has 0 heterocycles. The summed E-state index contributed by atoms with van der Waals surface area (Å²) in [6, 6.07) is 6.04. The first-order chi connectivity index (χ1) is 6.59. The van der Waals surface area contributed by atoms with Gasteiger partial charge in [0, 0.05) is 11.6 Å². The Morgan fingerprint density at radius 1 is 1.36 bits per heavy atom. The summed E-state index contributed by atoms with van der Waals surface area (Å²) in [6.07, 6.45) is 0. The number of hydrogen-bond acceptors (Lipinski definition) is 1. The zero-order chi connectivity index (χ0) is 10.6. The molecule has 0 bridgehead atoms. The highest BCUT2D eigenvalue weighted by Crippen LogP contribution is 2.14. The van der Waals surface area contributed by atoms with Gasteiger partial charge >= 0.3 is 0 Å². The molecule has 1 nitrogen and oxygen atoms in total. The maximum Gasteiger partial charge on any atom is 0.0408 e. The van der Waals surface area contributed by atoms with Gasteiger partial charge in [0.2, 0.25) is 0 Å². The van der Waals surface area contributed by atoms with Crippen LogP contribution in [-0.4, -0.2) is 6.54 Å². The van der Waals surface area contributed by atoms with Crippen molar-refractivity contribution in [3.05, 3.63) is 34.3 Å². The van der Waals surface area contributed by atoms with E-state index in [2.05, 4.69) is 32.2 Å². The summed E-state index contributed by atoms with van der Waals surface area (Å²) in [7, 11) is 0. The molecule has 0 aliphatic rings. The minimum absolute atomic E-state index is 0.697. The van der Waals surface area contributed by atoms with Gasteiger partial charge in [-0.3, -0.25) is 0 Å². The van der Waals surface area contributed by atoms with Crippen molar-refractivity contribution in [3.8, 4) is 0 Å². The largest absolute Gasteiger partial charge is 0.312 e. The van der Waals surface area contributed by atoms with Gasteiger partial charge in [-0.2, -0.15) is 0 Å². The molecule has 0 amide bonds. The number of aryl methyl sites for hydroxylation is 1. The maximum absolute atomic E-state index is 5.88. The number of halogens is 1. The predicted molar refractivity (Wildman–Crippen MR) is 62.7 cm³/mol. The van der Waals surface area contributed by atoms with E-state index < -0.39 is 0 Å². The molecule has 78 valence electrons. The van der Waals surface area contributed by atoms with E-state index in [-0.39, 0.29) is 0 Å². The van der Waals surface area contributed by atoms with Crippen LogP contribution in [0.4, 0.5) is 0 Å². The molecule has 0 aliphatic carbocycles. The third kappa shape index (κ3) is 3.69. The lowest BCUT2D eigenvalue weighted by molar-refractivity contribution is 0.551. The van der Waals surface area contributed by atoms with Crippen LogP contribution in [0.15, 0.2) is 18.2 Å². The summed E-state index contributed by atoms with van der Waals surface area (Å²) in [5.74, 6) is 0.697. The molecular weight excluding hydrogens is 194 g/mol. The van der Waals surface area contributed by atoms with Crippen LogP contribution < -0.4 is 5.32 Å². The van der Waals surface area contributed by atoms with E-state index >= 15 is 0 Å². The van der Waals surface area contributed by atoms with Crippen LogP contribution in [0.3, 0.4) is 0 Å². The molecule has 1 aromatic carbocycles. The second-order valence-corrected chi connectivity index (χ2v) is 4.53. The lowest BCUT2D eigenvalue weighted by atomic mass is 10.1. The molecule has 0 spiro atoms. The monoisotopic (exact) mass is 211 g/mol. The Morgan fingerprint density at radius 3 is 2.64 bits per heavy atom. The Hall–Kier alpha value is -0.530. The molecule has 1 rings (SSSR count). The zero-order valence-electron chi connectivity index (χ0n) is 9.10. The molecule has 0 fully saturated rings. The molecule has 0 radical (unpaired) electrons. The first-order valence-electron chi connectivity index (χ1n) is 5.05. The fourth-order valence-corrected chi connectivity index (χ4v) is 1.58. The highest BCUT2D eigenvalue weighted by Gasteiger charge is 1.99. The summed E-state index contributed by atoms with van der Waals surface area (Å²) < 4.78 is 0. The van der Waals surface area contributed by atoms with Crippen molar-refractivity contribution in [2.75, 3.05) is 6.54 Å². The fraction of sp³-hybridized carbons (Fsp3) is 0.500. The van der Waals surface area contributed by atoms with Crippen molar-refractivity contribution in [2.45, 2.75) is 27.3 Å². The van der Waals surface area contributed by atoms with Gasteiger partial charge in [-0.1, -0.05) is 31.5 Å². The molecule has 0 aromatic heterocycles. The van der Waals surface area contributed by atoms with Gasteiger partial charge in [0.1, 0.15) is 0 Å². The summed E-state index contributed by atoms with van der Waals surface area (Å²) >= 11 is 5.88. The Labute approximate surface area is 91.5 Å². The van der Waals surface area contributed by atoms with Gasteiger partial charge in [0.05, 0.1) is 0 Å². The standard InChI is InChI=1S/C12H18ClN/c1-9(2)7-14-8-11-4-5-12(13)6-10(11)3/h4-6,9,14H,7-8H2,1-3H3. The van der Waals surface area contributed by atoms with Crippen molar-refractivity contribution in [3.63, 3.8) is 0 Å². The molecule has 0 aliphatic heterocycles. The highest BCUT2D eigenvalue weighted by atomic mass is 35.5. The van der Waals surface area contributed by atoms with Gasteiger partial charge in [-0.15, -0.1) is 0 Å². The zero-order valence-corrected chi connectivity index (χ0v) is 9.86. The first-order valence-corrected chi connectivity index (χ1v) is 5.43. The summed E-state index contributed by atoms with van der Waals surface area (Å²) in [5, 5.41) is 4.23. The molecular formula is C12H18ClN. The third-order valence-electron chi connectivity index (χ3n) is 2.17. The van der Waals surface area contributed by atoms with Crippen LogP contribution in [0.25, 0.3) is 0 Å². The van der Waals surface area contributed by atoms with Crippen molar-refractivity contribution in [2.24, 2.45) is 5.92 Å². The van der Waals surface area contributed by atoms with E-state index in [4.69, 9.17) is 11.6 Å². The predicted octanol–water partition coefficient (Wildman–Crippen LogP) is 3.39. The maximum atomic E-state index is 5.88. The molecule has 14 heavy (non-hydrogen) atoms. The summed E-state index contributed by atoms with van der Waals surface area (Å²) in [5.41, 5.74) is 2.59. The van der Waals surface area contributed by atoms with E-state index in [9.17, 15) is 0 Å². The summed E-state index contributed by atoms with van der Waals surface area (Å²) in [4.78, 5) is 0. The van der Waals surface area contributed by atoms with E-state index in [0.717, 1.165) is 18.1 Å². The van der Waals surface area contributed by atoms with E-state index in [1.807, 2.05) is 12.1 Å². The van der Waals surface area contributed by atoms with Crippen molar-refractivity contribution in [1.29, 1.82) is 0 Å². The molecule has 2 heteroatoms. The molecule has 1 aromatic rings. The SMILES string of the molecule is Cc1cc(Cl)ccc1CNCC(C)C. The van der Waals surface area contributed by atoms with E-state index in [0.29, 0.717) is 5.92 Å². The van der Waals surface area contributed by atoms with Crippen molar-refractivity contribution >= 4 is 11.6 Å². The van der Waals surface area contributed by atoms with E-state index in [1.165, 1.54) is 11.1 Å². The Bertz CT molecular complexity index is 294. The average molecular weight is 212 g/mol. The van der Waals surface area contributed by atoms with Gasteiger partial charge < -0.3 is 5.32 Å². The molecule has 0 atom stereocenters. The van der Waals surface area contributed by atoms with Crippen LogP contribution >= 0.6 is 11.6 Å². The van der Waals surface area contributed by atoms with Crippen LogP contribution in [0.5, 0.6) is 0 Å². The van der Waals surface area contributed by atoms with Crippen LogP contribution in [0.1, 0.15) is 25.0 Å². The minimum atomic E-state index is 0.697. The Balaban J connectivity index is 2.51. The summed E-state index contributed by atoms with van der Waals surface area (Å²) in [6.45, 7) is 8.50. The van der Waals surface area contributed by atoms with Crippen LogP contribution in [0.2, 0.25) is 5.02 Å². The second kappa shape index (κ2) is 5.38. The van der Waals surface area contributed by atoms with Gasteiger partial charge in [0.25, 0.3) is 0 Å². The first kappa shape index (κ1) is 11.5. The number of hydrogen-bond donors (Lipinski definition) is 1. The Kier molecular flexibility index (Phi) is 4.43. The minimum Gasteiger partial charge on any atom is -0.312 e. The second-order valence-electron chi connectivity index (χ2n) is 4.10. The quantitative estimate of drug-likeness (QED) is 0.805. The molecule has 0 unspecified atom stereocenters. The normalized spacial score (nSPS) is 10.9. The Morgan fingerprint density at radius 2 is 2.07 bits per heavy atom. The number of rotatable bonds is 4. The molecule has 0 saturated carbocycles. The number of benzene rings is 1. The molecule has 0 saturated heterocycles. The van der Waals surface area contributed by atoms with Crippen molar-refractivity contribution in [1.82, 2.24) is 5.32 Å². The molecule has 1 N–H and O–H groups in total.